The average molecular weight is 308 g/mol. The summed E-state index contributed by atoms with van der Waals surface area (Å²) in [7, 11) is 0. The van der Waals surface area contributed by atoms with Crippen LogP contribution in [-0.2, 0) is 0 Å². The maximum Gasteiger partial charge on any atom is 0.0733 e. The van der Waals surface area contributed by atoms with Crippen molar-refractivity contribution in [2.45, 2.75) is 59.0 Å². The predicted molar refractivity (Wildman–Crippen MR) is 98.6 cm³/mol. The Labute approximate surface area is 140 Å². The summed E-state index contributed by atoms with van der Waals surface area (Å²) in [4.78, 5) is 2.46. The van der Waals surface area contributed by atoms with Gasteiger partial charge in [-0.2, -0.15) is 5.26 Å². The summed E-state index contributed by atoms with van der Waals surface area (Å²) in [6, 6.07) is 16.2. The van der Waals surface area contributed by atoms with E-state index in [4.69, 9.17) is 0 Å². The molecule has 0 bridgehead atoms. The molecule has 0 aliphatic carbocycles. The Balaban J connectivity index is 2.32. The van der Waals surface area contributed by atoms with Crippen LogP contribution in [0.15, 0.2) is 36.4 Å². The van der Waals surface area contributed by atoms with Crippen molar-refractivity contribution in [3.05, 3.63) is 47.5 Å². The molecule has 0 spiro atoms. The fourth-order valence-electron chi connectivity index (χ4n) is 3.53. The van der Waals surface area contributed by atoms with Gasteiger partial charge >= 0.3 is 0 Å². The van der Waals surface area contributed by atoms with Crippen molar-refractivity contribution in [2.75, 3.05) is 6.54 Å². The van der Waals surface area contributed by atoms with E-state index in [0.717, 1.165) is 13.0 Å². The second-order valence-electron chi connectivity index (χ2n) is 6.91. The molecule has 23 heavy (non-hydrogen) atoms. The highest BCUT2D eigenvalue weighted by molar-refractivity contribution is 5.87. The Kier molecular flexibility index (Phi) is 5.80. The van der Waals surface area contributed by atoms with Crippen molar-refractivity contribution >= 4 is 10.8 Å². The van der Waals surface area contributed by atoms with Gasteiger partial charge in [0.2, 0.25) is 0 Å². The van der Waals surface area contributed by atoms with Crippen molar-refractivity contribution < 1.29 is 0 Å². The van der Waals surface area contributed by atoms with Gasteiger partial charge in [-0.1, -0.05) is 36.4 Å². The molecule has 2 heteroatoms. The molecule has 0 amide bonds. The summed E-state index contributed by atoms with van der Waals surface area (Å²) in [6.07, 6.45) is 0.877. The molecule has 2 aromatic rings. The van der Waals surface area contributed by atoms with Gasteiger partial charge in [0.05, 0.1) is 12.0 Å². The first-order chi connectivity index (χ1) is 11.0. The number of hydrogen-bond acceptors (Lipinski definition) is 2. The van der Waals surface area contributed by atoms with Gasteiger partial charge in [0.1, 0.15) is 0 Å². The smallest absolute Gasteiger partial charge is 0.0733 e. The predicted octanol–water partition coefficient (Wildman–Crippen LogP) is 5.26. The van der Waals surface area contributed by atoms with Crippen molar-refractivity contribution in [1.29, 1.82) is 5.26 Å². The van der Waals surface area contributed by atoms with E-state index in [1.165, 1.54) is 21.9 Å². The average Bonchev–Trinajstić information content (AvgIpc) is 2.51. The molecule has 0 aliphatic rings. The molecule has 2 nitrogen and oxygen atoms in total. The minimum Gasteiger partial charge on any atom is -0.298 e. The summed E-state index contributed by atoms with van der Waals surface area (Å²) >= 11 is 0. The second-order valence-corrected chi connectivity index (χ2v) is 6.91. The number of rotatable bonds is 6. The zero-order chi connectivity index (χ0) is 17.0. The van der Waals surface area contributed by atoms with Crippen molar-refractivity contribution in [3.63, 3.8) is 0 Å². The molecule has 1 unspecified atom stereocenters. The topological polar surface area (TPSA) is 27.0 Å². The van der Waals surface area contributed by atoms with Crippen molar-refractivity contribution in [2.24, 2.45) is 0 Å². The van der Waals surface area contributed by atoms with Crippen LogP contribution in [0.1, 0.15) is 51.2 Å². The van der Waals surface area contributed by atoms with Crippen LogP contribution in [0.5, 0.6) is 0 Å². The minimum atomic E-state index is -0.0545. The third kappa shape index (κ3) is 3.92. The van der Waals surface area contributed by atoms with Gasteiger partial charge in [-0.3, -0.25) is 4.90 Å². The fourth-order valence-corrected chi connectivity index (χ4v) is 3.53. The molecule has 0 heterocycles. The van der Waals surface area contributed by atoms with Crippen LogP contribution >= 0.6 is 0 Å². The normalized spacial score (nSPS) is 13.0. The molecule has 2 aromatic carbocycles. The van der Waals surface area contributed by atoms with E-state index < -0.39 is 0 Å². The number of hydrogen-bond donors (Lipinski definition) is 0. The van der Waals surface area contributed by atoms with Crippen molar-refractivity contribution in [3.8, 4) is 6.07 Å². The zero-order valence-corrected chi connectivity index (χ0v) is 15.0. The van der Waals surface area contributed by atoms with Crippen LogP contribution < -0.4 is 0 Å². The third-order valence-corrected chi connectivity index (χ3v) is 4.70. The molecule has 122 valence electrons. The summed E-state index contributed by atoms with van der Waals surface area (Å²) in [6.45, 7) is 12.0. The second kappa shape index (κ2) is 7.62. The summed E-state index contributed by atoms with van der Waals surface area (Å²) in [5.41, 5.74) is 2.42. The van der Waals surface area contributed by atoms with Crippen LogP contribution in [0.2, 0.25) is 0 Å². The SMILES string of the molecule is Cc1ccc2ccccc2c1C(C#N)CCN(C(C)C)C(C)C. The number of nitriles is 1. The molecule has 0 saturated heterocycles. The maximum atomic E-state index is 9.78. The van der Waals surface area contributed by atoms with E-state index in [9.17, 15) is 5.26 Å². The molecule has 1 atom stereocenters. The van der Waals surface area contributed by atoms with Gasteiger partial charge in [0.15, 0.2) is 0 Å². The molecular formula is C21H28N2. The summed E-state index contributed by atoms with van der Waals surface area (Å²) in [5, 5.41) is 12.2. The fraction of sp³-hybridized carbons (Fsp3) is 0.476. The van der Waals surface area contributed by atoms with E-state index in [0.29, 0.717) is 12.1 Å². The molecule has 0 radical (unpaired) electrons. The lowest BCUT2D eigenvalue weighted by Crippen LogP contribution is -2.38. The maximum absolute atomic E-state index is 9.78. The lowest BCUT2D eigenvalue weighted by Gasteiger charge is -2.31. The van der Waals surface area contributed by atoms with Gasteiger partial charge in [0, 0.05) is 18.6 Å². The molecule has 0 saturated carbocycles. The van der Waals surface area contributed by atoms with Crippen LogP contribution in [0.25, 0.3) is 10.8 Å². The number of nitrogens with zero attached hydrogens (tertiary/aromatic N) is 2. The van der Waals surface area contributed by atoms with Gasteiger partial charge in [-0.05, 0) is 62.9 Å². The summed E-state index contributed by atoms with van der Waals surface area (Å²) in [5.74, 6) is -0.0545. The Hall–Kier alpha value is -1.85. The van der Waals surface area contributed by atoms with Crippen LogP contribution in [0.4, 0.5) is 0 Å². The molecule has 2 rings (SSSR count). The molecule has 0 aromatic heterocycles. The Morgan fingerprint density at radius 2 is 1.65 bits per heavy atom. The van der Waals surface area contributed by atoms with Crippen LogP contribution in [0.3, 0.4) is 0 Å². The van der Waals surface area contributed by atoms with E-state index in [1.54, 1.807) is 0 Å². The van der Waals surface area contributed by atoms with Gasteiger partial charge in [-0.15, -0.1) is 0 Å². The standard InChI is InChI=1S/C21H28N2/c1-15(2)23(16(3)4)13-12-19(14-22)21-17(5)10-11-18-8-6-7-9-20(18)21/h6-11,15-16,19H,12-13H2,1-5H3. The van der Waals surface area contributed by atoms with Crippen LogP contribution in [-0.4, -0.2) is 23.5 Å². The number of aryl methyl sites for hydroxylation is 1. The number of fused-ring (bicyclic) bond motifs is 1. The Morgan fingerprint density at radius 1 is 1.00 bits per heavy atom. The van der Waals surface area contributed by atoms with Gasteiger partial charge in [0.25, 0.3) is 0 Å². The first-order valence-corrected chi connectivity index (χ1v) is 8.59. The third-order valence-electron chi connectivity index (χ3n) is 4.70. The van der Waals surface area contributed by atoms with E-state index in [1.807, 2.05) is 0 Å². The molecule has 0 N–H and O–H groups in total. The lowest BCUT2D eigenvalue weighted by atomic mass is 9.88. The first kappa shape index (κ1) is 17.5. The molecule has 0 fully saturated rings. The highest BCUT2D eigenvalue weighted by Crippen LogP contribution is 2.31. The lowest BCUT2D eigenvalue weighted by molar-refractivity contribution is 0.171. The van der Waals surface area contributed by atoms with E-state index >= 15 is 0 Å². The largest absolute Gasteiger partial charge is 0.298 e. The Morgan fingerprint density at radius 3 is 2.26 bits per heavy atom. The van der Waals surface area contributed by atoms with Gasteiger partial charge in [-0.25, -0.2) is 0 Å². The quantitative estimate of drug-likeness (QED) is 0.727. The zero-order valence-electron chi connectivity index (χ0n) is 15.0. The number of benzene rings is 2. The minimum absolute atomic E-state index is 0.0545. The van der Waals surface area contributed by atoms with E-state index in [2.05, 4.69) is 82.0 Å². The van der Waals surface area contributed by atoms with Gasteiger partial charge < -0.3 is 0 Å². The molecule has 0 aliphatic heterocycles. The highest BCUT2D eigenvalue weighted by Gasteiger charge is 2.20. The molecular weight excluding hydrogens is 280 g/mol. The first-order valence-electron chi connectivity index (χ1n) is 8.59. The summed E-state index contributed by atoms with van der Waals surface area (Å²) < 4.78 is 0. The van der Waals surface area contributed by atoms with Crippen molar-refractivity contribution in [1.82, 2.24) is 4.90 Å². The monoisotopic (exact) mass is 308 g/mol. The van der Waals surface area contributed by atoms with Crippen LogP contribution in [0, 0.1) is 18.3 Å². The Bertz CT molecular complexity index is 687. The highest BCUT2D eigenvalue weighted by atomic mass is 15.2. The van der Waals surface area contributed by atoms with E-state index in [-0.39, 0.29) is 5.92 Å².